The summed E-state index contributed by atoms with van der Waals surface area (Å²) in [7, 11) is 0. The molecule has 2 aromatic heterocycles. The molecule has 0 saturated heterocycles. The van der Waals surface area contributed by atoms with Gasteiger partial charge in [0, 0.05) is 5.56 Å². The Labute approximate surface area is 134 Å². The molecule has 0 atom stereocenters. The molecule has 5 nitrogen and oxygen atoms in total. The maximum absolute atomic E-state index is 12.5. The van der Waals surface area contributed by atoms with Crippen LogP contribution >= 0.6 is 0 Å². The van der Waals surface area contributed by atoms with Crippen molar-refractivity contribution in [3.63, 3.8) is 0 Å². The van der Waals surface area contributed by atoms with Gasteiger partial charge in [-0.25, -0.2) is 9.78 Å². The van der Waals surface area contributed by atoms with E-state index >= 15 is 0 Å². The Morgan fingerprint density at radius 1 is 1.26 bits per heavy atom. The molecule has 3 aromatic rings. The number of fused-ring (bicyclic) bond motifs is 1. The maximum atomic E-state index is 12.5. The summed E-state index contributed by atoms with van der Waals surface area (Å²) in [6.45, 7) is 6.15. The zero-order valence-corrected chi connectivity index (χ0v) is 13.4. The van der Waals surface area contributed by atoms with Crippen molar-refractivity contribution < 1.29 is 14.1 Å². The highest BCUT2D eigenvalue weighted by Gasteiger charge is 2.20. The maximum Gasteiger partial charge on any atom is 0.339 e. The highest BCUT2D eigenvalue weighted by Crippen LogP contribution is 2.27. The number of pyridine rings is 1. The molecule has 3 rings (SSSR count). The summed E-state index contributed by atoms with van der Waals surface area (Å²) < 4.78 is 10.6. The molecule has 118 valence electrons. The first kappa shape index (κ1) is 15.2. The van der Waals surface area contributed by atoms with E-state index in [1.807, 2.05) is 44.2 Å². The average molecular weight is 310 g/mol. The fourth-order valence-electron chi connectivity index (χ4n) is 2.33. The number of esters is 1. The Kier molecular flexibility index (Phi) is 4.10. The molecule has 0 saturated carbocycles. The van der Waals surface area contributed by atoms with Gasteiger partial charge in [0.1, 0.15) is 0 Å². The third kappa shape index (κ3) is 3.08. The number of hydrogen-bond donors (Lipinski definition) is 0. The standard InChI is InChI=1S/C18H18N2O3/c1-11(2)10-22-18(21)14-9-15(13-7-5-4-6-8-13)19-17-16(14)12(3)20-23-17/h4-9,11H,10H2,1-3H3. The zero-order chi connectivity index (χ0) is 16.4. The predicted octanol–water partition coefficient (Wildman–Crippen LogP) is 4.01. The third-order valence-electron chi connectivity index (χ3n) is 3.45. The number of ether oxygens (including phenoxy) is 1. The minimum absolute atomic E-state index is 0.272. The van der Waals surface area contributed by atoms with Gasteiger partial charge in [-0.1, -0.05) is 49.3 Å². The number of carbonyl (C=O) groups excluding carboxylic acids is 1. The first-order valence-electron chi connectivity index (χ1n) is 7.56. The zero-order valence-electron chi connectivity index (χ0n) is 13.4. The van der Waals surface area contributed by atoms with Gasteiger partial charge in [-0.3, -0.25) is 0 Å². The van der Waals surface area contributed by atoms with Gasteiger partial charge in [0.25, 0.3) is 5.71 Å². The van der Waals surface area contributed by atoms with Gasteiger partial charge in [-0.15, -0.1) is 0 Å². The van der Waals surface area contributed by atoms with Crippen molar-refractivity contribution in [2.45, 2.75) is 20.8 Å². The molecule has 0 radical (unpaired) electrons. The number of aromatic nitrogens is 2. The van der Waals surface area contributed by atoms with Crippen LogP contribution in [0.2, 0.25) is 0 Å². The molecule has 0 aliphatic heterocycles. The molecule has 2 heterocycles. The monoisotopic (exact) mass is 310 g/mol. The highest BCUT2D eigenvalue weighted by molar-refractivity contribution is 6.04. The second-order valence-corrected chi connectivity index (χ2v) is 5.86. The number of hydrogen-bond acceptors (Lipinski definition) is 5. The van der Waals surface area contributed by atoms with E-state index in [9.17, 15) is 4.79 Å². The van der Waals surface area contributed by atoms with E-state index < -0.39 is 0 Å². The lowest BCUT2D eigenvalue weighted by Gasteiger charge is -2.09. The molecule has 0 N–H and O–H groups in total. The Morgan fingerprint density at radius 2 is 2.00 bits per heavy atom. The molecule has 0 spiro atoms. The van der Waals surface area contributed by atoms with Gasteiger partial charge in [-0.2, -0.15) is 0 Å². The van der Waals surface area contributed by atoms with Crippen molar-refractivity contribution in [2.24, 2.45) is 5.92 Å². The van der Waals surface area contributed by atoms with Gasteiger partial charge in [0.2, 0.25) is 0 Å². The molecule has 1 aromatic carbocycles. The van der Waals surface area contributed by atoms with Crippen LogP contribution in [0.1, 0.15) is 29.9 Å². The summed E-state index contributed by atoms with van der Waals surface area (Å²) in [6.07, 6.45) is 0. The number of benzene rings is 1. The fraction of sp³-hybridized carbons (Fsp3) is 0.278. The molecule has 0 fully saturated rings. The summed E-state index contributed by atoms with van der Waals surface area (Å²) in [4.78, 5) is 16.9. The van der Waals surface area contributed by atoms with E-state index in [-0.39, 0.29) is 11.9 Å². The second-order valence-electron chi connectivity index (χ2n) is 5.86. The van der Waals surface area contributed by atoms with Crippen LogP contribution in [0.4, 0.5) is 0 Å². The van der Waals surface area contributed by atoms with Crippen LogP contribution in [-0.4, -0.2) is 22.7 Å². The number of nitrogens with zero attached hydrogens (tertiary/aromatic N) is 2. The number of rotatable bonds is 4. The van der Waals surface area contributed by atoms with Crippen molar-refractivity contribution >= 4 is 17.1 Å². The van der Waals surface area contributed by atoms with E-state index in [2.05, 4.69) is 10.1 Å². The van der Waals surface area contributed by atoms with Crippen LogP contribution in [-0.2, 0) is 4.74 Å². The van der Waals surface area contributed by atoms with Crippen molar-refractivity contribution in [1.82, 2.24) is 10.1 Å². The van der Waals surface area contributed by atoms with Gasteiger partial charge in [0.15, 0.2) is 0 Å². The number of aryl methyl sites for hydroxylation is 1. The Hall–Kier alpha value is -2.69. The molecule has 0 unspecified atom stereocenters. The summed E-state index contributed by atoms with van der Waals surface area (Å²) in [5.74, 6) is -0.108. The van der Waals surface area contributed by atoms with Gasteiger partial charge >= 0.3 is 5.97 Å². The van der Waals surface area contributed by atoms with Crippen LogP contribution < -0.4 is 0 Å². The fourth-order valence-corrected chi connectivity index (χ4v) is 2.33. The molecule has 0 bridgehead atoms. The summed E-state index contributed by atoms with van der Waals surface area (Å²) >= 11 is 0. The van der Waals surface area contributed by atoms with E-state index in [0.717, 1.165) is 5.56 Å². The van der Waals surface area contributed by atoms with E-state index in [4.69, 9.17) is 9.26 Å². The predicted molar refractivity (Wildman–Crippen MR) is 87.1 cm³/mol. The van der Waals surface area contributed by atoms with E-state index in [0.29, 0.717) is 34.7 Å². The first-order chi connectivity index (χ1) is 11.1. The van der Waals surface area contributed by atoms with Gasteiger partial charge in [-0.05, 0) is 18.9 Å². The average Bonchev–Trinajstić information content (AvgIpc) is 2.94. The molecule has 0 amide bonds. The van der Waals surface area contributed by atoms with Crippen molar-refractivity contribution in [2.75, 3.05) is 6.61 Å². The Bertz CT molecular complexity index is 838. The van der Waals surface area contributed by atoms with Crippen LogP contribution in [0, 0.1) is 12.8 Å². The lowest BCUT2D eigenvalue weighted by Crippen LogP contribution is -2.11. The molecule has 0 aliphatic carbocycles. The summed E-state index contributed by atoms with van der Waals surface area (Å²) in [6, 6.07) is 11.4. The van der Waals surface area contributed by atoms with Crippen molar-refractivity contribution in [3.05, 3.63) is 47.7 Å². The summed E-state index contributed by atoms with van der Waals surface area (Å²) in [5.41, 5.74) is 2.98. The van der Waals surface area contributed by atoms with Crippen LogP contribution in [0.25, 0.3) is 22.4 Å². The van der Waals surface area contributed by atoms with Crippen LogP contribution in [0.15, 0.2) is 40.9 Å². The minimum atomic E-state index is -0.380. The molecule has 23 heavy (non-hydrogen) atoms. The second kappa shape index (κ2) is 6.20. The topological polar surface area (TPSA) is 65.2 Å². The Balaban J connectivity index is 2.10. The minimum Gasteiger partial charge on any atom is -0.462 e. The van der Waals surface area contributed by atoms with Crippen molar-refractivity contribution in [1.29, 1.82) is 0 Å². The van der Waals surface area contributed by atoms with Gasteiger partial charge < -0.3 is 9.26 Å². The smallest absolute Gasteiger partial charge is 0.339 e. The van der Waals surface area contributed by atoms with Crippen LogP contribution in [0.5, 0.6) is 0 Å². The number of carbonyl (C=O) groups is 1. The van der Waals surface area contributed by atoms with E-state index in [1.54, 1.807) is 13.0 Å². The van der Waals surface area contributed by atoms with Crippen molar-refractivity contribution in [3.8, 4) is 11.3 Å². The molecule has 5 heteroatoms. The third-order valence-corrected chi connectivity index (χ3v) is 3.45. The molecular weight excluding hydrogens is 292 g/mol. The lowest BCUT2D eigenvalue weighted by atomic mass is 10.1. The summed E-state index contributed by atoms with van der Waals surface area (Å²) in [5, 5.41) is 4.53. The quantitative estimate of drug-likeness (QED) is 0.681. The highest BCUT2D eigenvalue weighted by atomic mass is 16.5. The Morgan fingerprint density at radius 3 is 2.70 bits per heavy atom. The first-order valence-corrected chi connectivity index (χ1v) is 7.56. The largest absolute Gasteiger partial charge is 0.462 e. The SMILES string of the molecule is Cc1noc2nc(-c3ccccc3)cc(C(=O)OCC(C)C)c12. The lowest BCUT2D eigenvalue weighted by molar-refractivity contribution is 0.0461. The normalized spacial score (nSPS) is 11.1. The molecular formula is C18H18N2O3. The van der Waals surface area contributed by atoms with Gasteiger partial charge in [0.05, 0.1) is 28.9 Å². The van der Waals surface area contributed by atoms with Crippen LogP contribution in [0.3, 0.4) is 0 Å². The van der Waals surface area contributed by atoms with E-state index in [1.165, 1.54) is 0 Å². The molecule has 0 aliphatic rings.